The Bertz CT molecular complexity index is 1900. The number of pyridine rings is 1. The number of likely N-dealkylation sites (tertiary alicyclic amines) is 1. The summed E-state index contributed by atoms with van der Waals surface area (Å²) in [5.74, 6) is 1.82. The lowest BCUT2D eigenvalue weighted by Crippen LogP contribution is -2.42. The van der Waals surface area contributed by atoms with Crippen molar-refractivity contribution in [3.8, 4) is 23.3 Å². The van der Waals surface area contributed by atoms with Gasteiger partial charge in [0.15, 0.2) is 5.13 Å². The molecule has 5 aromatic rings. The van der Waals surface area contributed by atoms with Crippen LogP contribution in [0.3, 0.4) is 0 Å². The third-order valence-electron chi connectivity index (χ3n) is 7.42. The lowest BCUT2D eigenvalue weighted by Gasteiger charge is -2.33. The van der Waals surface area contributed by atoms with Gasteiger partial charge in [-0.25, -0.2) is 14.6 Å². The monoisotopic (exact) mass is 624 g/mol. The molecule has 4 heterocycles. The standard InChI is InChI=1S/C33H32N6O5S/c1-33(2,3)44-32(41)38-12-7-21(8-13-38)20-42-29-18-26-25(17-23(29)19-34)28(6-10-35-26)43-24-4-5-27-22(16-24)9-14-39(27)31(40)37-30-36-11-15-45-30/h4-6,9-11,14-18,21H,7-8,12-13,20H2,1-3H3,(H,36,37,40). The Morgan fingerprint density at radius 2 is 1.89 bits per heavy atom. The largest absolute Gasteiger partial charge is 0.492 e. The maximum Gasteiger partial charge on any atom is 0.410 e. The molecule has 0 spiro atoms. The fourth-order valence-corrected chi connectivity index (χ4v) is 5.70. The summed E-state index contributed by atoms with van der Waals surface area (Å²) >= 11 is 1.35. The maximum atomic E-state index is 12.7. The van der Waals surface area contributed by atoms with E-state index in [-0.39, 0.29) is 18.0 Å². The van der Waals surface area contributed by atoms with Crippen molar-refractivity contribution < 1.29 is 23.8 Å². The molecule has 3 aromatic heterocycles. The van der Waals surface area contributed by atoms with Gasteiger partial charge in [-0.1, -0.05) is 0 Å². The van der Waals surface area contributed by atoms with Crippen molar-refractivity contribution in [1.82, 2.24) is 19.4 Å². The van der Waals surface area contributed by atoms with E-state index in [1.54, 1.807) is 53.1 Å². The average molecular weight is 625 g/mol. The number of nitrogens with one attached hydrogen (secondary N) is 1. The van der Waals surface area contributed by atoms with Gasteiger partial charge >= 0.3 is 12.1 Å². The molecule has 1 aliphatic heterocycles. The van der Waals surface area contributed by atoms with Gasteiger partial charge in [0.1, 0.15) is 28.9 Å². The molecular weight excluding hydrogens is 592 g/mol. The van der Waals surface area contributed by atoms with Crippen molar-refractivity contribution in [2.24, 2.45) is 5.92 Å². The average Bonchev–Trinajstić information content (AvgIpc) is 3.69. The van der Waals surface area contributed by atoms with Crippen LogP contribution in [0.5, 0.6) is 17.2 Å². The first kappa shape index (κ1) is 29.9. The number of carbonyl (C=O) groups excluding carboxylic acids is 2. The highest BCUT2D eigenvalue weighted by atomic mass is 32.1. The number of carbonyl (C=O) groups is 2. The van der Waals surface area contributed by atoms with Gasteiger partial charge in [-0.15, -0.1) is 11.3 Å². The number of aromatic nitrogens is 3. The van der Waals surface area contributed by atoms with Crippen LogP contribution in [0.25, 0.3) is 21.8 Å². The summed E-state index contributed by atoms with van der Waals surface area (Å²) in [5.41, 5.74) is 1.21. The number of hydrogen-bond acceptors (Lipinski definition) is 9. The molecule has 0 aliphatic carbocycles. The number of benzene rings is 2. The fraction of sp³-hybridized carbons (Fsp3) is 0.303. The molecule has 12 heteroatoms. The Morgan fingerprint density at radius 1 is 1.07 bits per heavy atom. The summed E-state index contributed by atoms with van der Waals surface area (Å²) in [6.07, 6.45) is 6.27. The number of rotatable bonds is 6. The minimum atomic E-state index is -0.526. The summed E-state index contributed by atoms with van der Waals surface area (Å²) in [6, 6.07) is 14.5. The van der Waals surface area contributed by atoms with Gasteiger partial charge in [-0.2, -0.15) is 5.26 Å². The normalized spacial score (nSPS) is 13.9. The van der Waals surface area contributed by atoms with Crippen molar-refractivity contribution in [3.05, 3.63) is 72.0 Å². The van der Waals surface area contributed by atoms with E-state index in [4.69, 9.17) is 14.2 Å². The first-order chi connectivity index (χ1) is 21.7. The molecular formula is C33H32N6O5S. The fourth-order valence-electron chi connectivity index (χ4n) is 5.19. The van der Waals surface area contributed by atoms with E-state index in [1.807, 2.05) is 39.0 Å². The van der Waals surface area contributed by atoms with Crippen LogP contribution in [0.15, 0.2) is 66.4 Å². The number of nitriles is 1. The van der Waals surface area contributed by atoms with Crippen LogP contribution in [-0.2, 0) is 4.74 Å². The van der Waals surface area contributed by atoms with Crippen molar-refractivity contribution in [1.29, 1.82) is 5.26 Å². The second-order valence-electron chi connectivity index (χ2n) is 11.8. The lowest BCUT2D eigenvalue weighted by atomic mass is 9.98. The topological polar surface area (TPSA) is 132 Å². The van der Waals surface area contributed by atoms with Gasteiger partial charge < -0.3 is 19.1 Å². The number of piperidine rings is 1. The van der Waals surface area contributed by atoms with Gasteiger partial charge in [0, 0.05) is 53.9 Å². The molecule has 1 fully saturated rings. The summed E-state index contributed by atoms with van der Waals surface area (Å²) in [7, 11) is 0. The zero-order valence-corrected chi connectivity index (χ0v) is 26.0. The molecule has 0 unspecified atom stereocenters. The Hall–Kier alpha value is -5.15. The van der Waals surface area contributed by atoms with Gasteiger partial charge in [-0.05, 0) is 75.9 Å². The van der Waals surface area contributed by atoms with Crippen molar-refractivity contribution in [3.63, 3.8) is 0 Å². The van der Waals surface area contributed by atoms with Crippen molar-refractivity contribution in [2.45, 2.75) is 39.2 Å². The molecule has 1 saturated heterocycles. The van der Waals surface area contributed by atoms with E-state index in [0.29, 0.717) is 58.5 Å². The van der Waals surface area contributed by atoms with E-state index in [9.17, 15) is 14.9 Å². The van der Waals surface area contributed by atoms with E-state index in [2.05, 4.69) is 21.4 Å². The number of nitrogens with zero attached hydrogens (tertiary/aromatic N) is 5. The number of thiazole rings is 1. The first-order valence-corrected chi connectivity index (χ1v) is 15.5. The third-order valence-corrected chi connectivity index (χ3v) is 8.11. The van der Waals surface area contributed by atoms with E-state index < -0.39 is 5.60 Å². The highest BCUT2D eigenvalue weighted by Crippen LogP contribution is 2.35. The molecule has 0 radical (unpaired) electrons. The second kappa shape index (κ2) is 12.5. The Morgan fingerprint density at radius 3 is 2.62 bits per heavy atom. The molecule has 0 bridgehead atoms. The predicted octanol–water partition coefficient (Wildman–Crippen LogP) is 7.42. The zero-order chi connectivity index (χ0) is 31.6. The molecule has 1 aliphatic rings. The Kier molecular flexibility index (Phi) is 8.28. The highest BCUT2D eigenvalue weighted by Gasteiger charge is 2.27. The van der Waals surface area contributed by atoms with Gasteiger partial charge in [0.2, 0.25) is 0 Å². The Labute approximate surface area is 264 Å². The van der Waals surface area contributed by atoms with Crippen molar-refractivity contribution >= 4 is 50.4 Å². The predicted molar refractivity (Wildman–Crippen MR) is 171 cm³/mol. The molecule has 230 valence electrons. The molecule has 1 N–H and O–H groups in total. The first-order valence-electron chi connectivity index (χ1n) is 14.6. The summed E-state index contributed by atoms with van der Waals surface area (Å²) in [5, 5.41) is 16.5. The van der Waals surface area contributed by atoms with Crippen LogP contribution in [-0.4, -0.2) is 56.9 Å². The lowest BCUT2D eigenvalue weighted by molar-refractivity contribution is 0.0165. The van der Waals surface area contributed by atoms with Crippen LogP contribution < -0.4 is 14.8 Å². The van der Waals surface area contributed by atoms with Crippen LogP contribution in [0.1, 0.15) is 39.2 Å². The molecule has 6 rings (SSSR count). The van der Waals surface area contributed by atoms with Gasteiger partial charge in [-0.3, -0.25) is 14.9 Å². The SMILES string of the molecule is CC(C)(C)OC(=O)N1CCC(COc2cc3nccc(Oc4ccc5c(ccn5C(=O)Nc5nccs5)c4)c3cc2C#N)CC1. The number of hydrogen-bond donors (Lipinski definition) is 1. The van der Waals surface area contributed by atoms with Crippen LogP contribution in [0.2, 0.25) is 0 Å². The van der Waals surface area contributed by atoms with E-state index in [1.165, 1.54) is 15.9 Å². The number of amides is 2. The molecule has 11 nitrogen and oxygen atoms in total. The molecule has 0 atom stereocenters. The summed E-state index contributed by atoms with van der Waals surface area (Å²) in [6.45, 7) is 7.21. The third kappa shape index (κ3) is 6.84. The van der Waals surface area contributed by atoms with E-state index in [0.717, 1.165) is 23.7 Å². The van der Waals surface area contributed by atoms with Gasteiger partial charge in [0.05, 0.1) is 23.2 Å². The summed E-state index contributed by atoms with van der Waals surface area (Å²) in [4.78, 5) is 35.5. The van der Waals surface area contributed by atoms with Gasteiger partial charge in [0.25, 0.3) is 0 Å². The Balaban J connectivity index is 1.13. The minimum Gasteiger partial charge on any atom is -0.492 e. The highest BCUT2D eigenvalue weighted by molar-refractivity contribution is 7.13. The number of ether oxygens (including phenoxy) is 3. The van der Waals surface area contributed by atoms with E-state index >= 15 is 0 Å². The maximum absolute atomic E-state index is 12.7. The molecule has 2 aromatic carbocycles. The molecule has 2 amide bonds. The summed E-state index contributed by atoms with van der Waals surface area (Å²) < 4.78 is 19.4. The minimum absolute atomic E-state index is 0.247. The zero-order valence-electron chi connectivity index (χ0n) is 25.1. The smallest absolute Gasteiger partial charge is 0.410 e. The second-order valence-corrected chi connectivity index (χ2v) is 12.7. The van der Waals surface area contributed by atoms with Crippen molar-refractivity contribution in [2.75, 3.05) is 25.0 Å². The van der Waals surface area contributed by atoms with Crippen LogP contribution in [0.4, 0.5) is 14.7 Å². The van der Waals surface area contributed by atoms with Crippen LogP contribution in [0, 0.1) is 17.2 Å². The molecule has 0 saturated carbocycles. The quantitative estimate of drug-likeness (QED) is 0.207. The number of anilines is 1. The van der Waals surface area contributed by atoms with Crippen LogP contribution >= 0.6 is 11.3 Å². The molecule has 45 heavy (non-hydrogen) atoms. The number of fused-ring (bicyclic) bond motifs is 2.